The number of amides is 2. The third-order valence-electron chi connectivity index (χ3n) is 3.77. The van der Waals surface area contributed by atoms with Crippen LogP contribution in [-0.2, 0) is 4.74 Å². The quantitative estimate of drug-likeness (QED) is 0.383. The molecule has 3 N–H and O–H groups in total. The molecule has 2 amide bonds. The lowest BCUT2D eigenvalue weighted by Gasteiger charge is -2.15. The van der Waals surface area contributed by atoms with Crippen LogP contribution in [0.3, 0.4) is 0 Å². The number of nitrogens with one attached hydrogen (secondary N) is 3. The molecule has 0 radical (unpaired) electrons. The van der Waals surface area contributed by atoms with Crippen molar-refractivity contribution >= 4 is 50.8 Å². The van der Waals surface area contributed by atoms with Crippen LogP contribution in [0.4, 0.5) is 5.69 Å². The molecule has 7 nitrogen and oxygen atoms in total. The van der Waals surface area contributed by atoms with Gasteiger partial charge in [0.25, 0.3) is 11.8 Å². The van der Waals surface area contributed by atoms with E-state index >= 15 is 0 Å². The number of carbonyl (C=O) groups is 2. The largest absolute Gasteiger partial charge is 0.490 e. The van der Waals surface area contributed by atoms with Gasteiger partial charge in [-0.25, -0.2) is 0 Å². The molecule has 30 heavy (non-hydrogen) atoms. The van der Waals surface area contributed by atoms with E-state index in [2.05, 4.69) is 31.9 Å². The van der Waals surface area contributed by atoms with Crippen LogP contribution in [0.15, 0.2) is 46.9 Å². The summed E-state index contributed by atoms with van der Waals surface area (Å²) >= 11 is 8.61. The molecular formula is C21H24BrN3O4S. The lowest BCUT2D eigenvalue weighted by molar-refractivity contribution is 0.0935. The van der Waals surface area contributed by atoms with Crippen LogP contribution in [0.1, 0.15) is 34.6 Å². The number of benzene rings is 2. The minimum Gasteiger partial charge on any atom is -0.490 e. The Balaban J connectivity index is 1.98. The van der Waals surface area contributed by atoms with Gasteiger partial charge in [0.15, 0.2) is 5.11 Å². The Labute approximate surface area is 189 Å². The van der Waals surface area contributed by atoms with Gasteiger partial charge in [0.2, 0.25) is 0 Å². The summed E-state index contributed by atoms with van der Waals surface area (Å²) in [5, 5.41) is 8.45. The number of anilines is 1. The molecule has 2 aromatic rings. The molecule has 2 rings (SSSR count). The molecule has 0 saturated carbocycles. The van der Waals surface area contributed by atoms with Crippen LogP contribution in [0.25, 0.3) is 0 Å². The second kappa shape index (κ2) is 11.6. The number of carbonyl (C=O) groups excluding carboxylic acids is 2. The molecule has 0 fully saturated rings. The molecule has 0 unspecified atom stereocenters. The highest BCUT2D eigenvalue weighted by atomic mass is 79.9. The predicted molar refractivity (Wildman–Crippen MR) is 124 cm³/mol. The van der Waals surface area contributed by atoms with Gasteiger partial charge in [-0.1, -0.05) is 15.9 Å². The lowest BCUT2D eigenvalue weighted by Crippen LogP contribution is -2.34. The van der Waals surface area contributed by atoms with Gasteiger partial charge >= 0.3 is 0 Å². The van der Waals surface area contributed by atoms with Gasteiger partial charge in [0.1, 0.15) is 5.75 Å². The van der Waals surface area contributed by atoms with E-state index in [1.54, 1.807) is 49.6 Å². The van der Waals surface area contributed by atoms with Crippen LogP contribution in [-0.4, -0.2) is 43.3 Å². The van der Waals surface area contributed by atoms with Crippen molar-refractivity contribution in [2.45, 2.75) is 20.0 Å². The fourth-order valence-corrected chi connectivity index (χ4v) is 3.01. The first-order valence-electron chi connectivity index (χ1n) is 9.26. The fraction of sp³-hybridized carbons (Fsp3) is 0.286. The molecule has 0 aliphatic heterocycles. The molecule has 0 aliphatic rings. The van der Waals surface area contributed by atoms with Gasteiger partial charge < -0.3 is 20.1 Å². The number of methoxy groups -OCH3 is 1. The smallest absolute Gasteiger partial charge is 0.261 e. The van der Waals surface area contributed by atoms with Crippen molar-refractivity contribution in [2.24, 2.45) is 0 Å². The van der Waals surface area contributed by atoms with Crippen molar-refractivity contribution in [2.75, 3.05) is 25.6 Å². The van der Waals surface area contributed by atoms with Crippen LogP contribution < -0.4 is 20.7 Å². The zero-order valence-electron chi connectivity index (χ0n) is 17.0. The Morgan fingerprint density at radius 3 is 2.43 bits per heavy atom. The monoisotopic (exact) mass is 493 g/mol. The normalized spacial score (nSPS) is 10.4. The summed E-state index contributed by atoms with van der Waals surface area (Å²) in [6, 6.07) is 11.9. The molecule has 0 bridgehead atoms. The Hall–Kier alpha value is -2.49. The van der Waals surface area contributed by atoms with Crippen molar-refractivity contribution in [3.05, 3.63) is 58.1 Å². The van der Waals surface area contributed by atoms with E-state index < -0.39 is 5.91 Å². The van der Waals surface area contributed by atoms with E-state index in [4.69, 9.17) is 21.7 Å². The zero-order valence-corrected chi connectivity index (χ0v) is 19.4. The average Bonchev–Trinajstić information content (AvgIpc) is 2.69. The molecule has 0 saturated heterocycles. The maximum absolute atomic E-state index is 12.7. The zero-order chi connectivity index (χ0) is 22.1. The highest BCUT2D eigenvalue weighted by Crippen LogP contribution is 2.24. The number of rotatable bonds is 8. The number of ether oxygens (including phenoxy) is 2. The third kappa shape index (κ3) is 7.40. The van der Waals surface area contributed by atoms with Gasteiger partial charge in [-0.15, -0.1) is 0 Å². The molecular weight excluding hydrogens is 470 g/mol. The number of thiocarbonyl (C=S) groups is 1. The van der Waals surface area contributed by atoms with Gasteiger partial charge in [-0.2, -0.15) is 0 Å². The molecule has 0 heterocycles. The Kier molecular flexibility index (Phi) is 9.22. The molecule has 0 aromatic heterocycles. The van der Waals surface area contributed by atoms with E-state index in [-0.39, 0.29) is 17.1 Å². The predicted octanol–water partition coefficient (Wildman–Crippen LogP) is 3.74. The average molecular weight is 494 g/mol. The second-order valence-corrected chi connectivity index (χ2v) is 7.87. The fourth-order valence-electron chi connectivity index (χ4n) is 2.44. The molecule has 0 aliphatic carbocycles. The van der Waals surface area contributed by atoms with Crippen LogP contribution in [0, 0.1) is 0 Å². The maximum atomic E-state index is 12.7. The Bertz CT molecular complexity index is 904. The molecule has 0 atom stereocenters. The van der Waals surface area contributed by atoms with Crippen molar-refractivity contribution in [3.8, 4) is 5.75 Å². The van der Waals surface area contributed by atoms with Crippen molar-refractivity contribution in [1.29, 1.82) is 0 Å². The summed E-state index contributed by atoms with van der Waals surface area (Å²) in [5.41, 5.74) is 1.52. The molecule has 0 spiro atoms. The minimum atomic E-state index is -0.390. The van der Waals surface area contributed by atoms with E-state index in [1.165, 1.54) is 0 Å². The summed E-state index contributed by atoms with van der Waals surface area (Å²) in [4.78, 5) is 24.7. The standard InChI is InChI=1S/C21H24BrN3O4S/c1-13(2)29-18-9-6-15(22)12-17(18)20(27)25-21(30)24-16-7-4-14(5-8-16)19(26)23-10-11-28-3/h4-9,12-13H,10-11H2,1-3H3,(H,23,26)(H2,24,25,27,30). The minimum absolute atomic E-state index is 0.0759. The van der Waals surface area contributed by atoms with Crippen LogP contribution in [0.2, 0.25) is 0 Å². The third-order valence-corrected chi connectivity index (χ3v) is 4.47. The lowest BCUT2D eigenvalue weighted by atomic mass is 10.2. The molecule has 160 valence electrons. The van der Waals surface area contributed by atoms with Crippen molar-refractivity contribution < 1.29 is 19.1 Å². The van der Waals surface area contributed by atoms with Gasteiger partial charge in [-0.05, 0) is 68.5 Å². The topological polar surface area (TPSA) is 88.7 Å². The first-order chi connectivity index (χ1) is 14.3. The summed E-state index contributed by atoms with van der Waals surface area (Å²) in [5.74, 6) is -0.113. The second-order valence-electron chi connectivity index (χ2n) is 6.54. The number of hydrogen-bond donors (Lipinski definition) is 3. The Morgan fingerprint density at radius 1 is 1.10 bits per heavy atom. The molecule has 9 heteroatoms. The van der Waals surface area contributed by atoms with Crippen molar-refractivity contribution in [1.82, 2.24) is 10.6 Å². The van der Waals surface area contributed by atoms with E-state index in [1.807, 2.05) is 13.8 Å². The highest BCUT2D eigenvalue weighted by Gasteiger charge is 2.16. The first-order valence-corrected chi connectivity index (χ1v) is 10.5. The summed E-state index contributed by atoms with van der Waals surface area (Å²) in [7, 11) is 1.57. The van der Waals surface area contributed by atoms with Crippen LogP contribution in [0.5, 0.6) is 5.75 Å². The Morgan fingerprint density at radius 2 is 1.80 bits per heavy atom. The number of halogens is 1. The summed E-state index contributed by atoms with van der Waals surface area (Å²) < 4.78 is 11.4. The SMILES string of the molecule is COCCNC(=O)c1ccc(NC(=S)NC(=O)c2cc(Br)ccc2OC(C)C)cc1. The first kappa shape index (κ1) is 23.8. The van der Waals surface area contributed by atoms with E-state index in [9.17, 15) is 9.59 Å². The number of hydrogen-bond acceptors (Lipinski definition) is 5. The van der Waals surface area contributed by atoms with Gasteiger partial charge in [0, 0.05) is 29.4 Å². The van der Waals surface area contributed by atoms with Gasteiger partial charge in [0.05, 0.1) is 18.3 Å². The molecule has 2 aromatic carbocycles. The highest BCUT2D eigenvalue weighted by molar-refractivity contribution is 9.10. The maximum Gasteiger partial charge on any atom is 0.261 e. The van der Waals surface area contributed by atoms with E-state index in [0.717, 1.165) is 4.47 Å². The van der Waals surface area contributed by atoms with E-state index in [0.29, 0.717) is 35.7 Å². The van der Waals surface area contributed by atoms with Gasteiger partial charge in [-0.3, -0.25) is 14.9 Å². The van der Waals surface area contributed by atoms with Crippen LogP contribution >= 0.6 is 28.1 Å². The summed E-state index contributed by atoms with van der Waals surface area (Å²) in [6.45, 7) is 4.65. The van der Waals surface area contributed by atoms with Crippen molar-refractivity contribution in [3.63, 3.8) is 0 Å². The summed E-state index contributed by atoms with van der Waals surface area (Å²) in [6.07, 6.45) is -0.0759.